The molecule has 1 saturated carbocycles. The molecule has 146 valence electrons. The predicted octanol–water partition coefficient (Wildman–Crippen LogP) is 2.26. The van der Waals surface area contributed by atoms with Gasteiger partial charge >= 0.3 is 0 Å². The Morgan fingerprint density at radius 3 is 2.79 bits per heavy atom. The van der Waals surface area contributed by atoms with Crippen molar-refractivity contribution in [2.24, 2.45) is 0 Å². The van der Waals surface area contributed by atoms with E-state index in [9.17, 15) is 10.1 Å². The second kappa shape index (κ2) is 8.07. The number of amides is 1. The van der Waals surface area contributed by atoms with Crippen LogP contribution in [-0.2, 0) is 4.79 Å². The van der Waals surface area contributed by atoms with Crippen molar-refractivity contribution in [3.05, 3.63) is 30.3 Å². The van der Waals surface area contributed by atoms with Crippen LogP contribution in [0.1, 0.15) is 50.3 Å². The summed E-state index contributed by atoms with van der Waals surface area (Å²) in [5.74, 6) is 1.29. The van der Waals surface area contributed by atoms with Gasteiger partial charge < -0.3 is 9.84 Å². The highest BCUT2D eigenvalue weighted by Crippen LogP contribution is 2.30. The Morgan fingerprint density at radius 1 is 1.32 bits per heavy atom. The van der Waals surface area contributed by atoms with Crippen molar-refractivity contribution < 1.29 is 9.32 Å². The molecule has 2 aromatic rings. The van der Waals surface area contributed by atoms with Gasteiger partial charge in [0.1, 0.15) is 11.2 Å². The fourth-order valence-electron chi connectivity index (χ4n) is 4.09. The Bertz CT molecular complexity index is 845. The van der Waals surface area contributed by atoms with Gasteiger partial charge in [0, 0.05) is 12.1 Å². The van der Waals surface area contributed by atoms with E-state index in [1.165, 1.54) is 0 Å². The van der Waals surface area contributed by atoms with Crippen molar-refractivity contribution in [2.75, 3.05) is 19.6 Å². The van der Waals surface area contributed by atoms with Crippen LogP contribution >= 0.6 is 0 Å². The van der Waals surface area contributed by atoms with E-state index in [2.05, 4.69) is 31.4 Å². The fraction of sp³-hybridized carbons (Fsp3) is 0.550. The van der Waals surface area contributed by atoms with Crippen molar-refractivity contribution in [1.82, 2.24) is 25.3 Å². The summed E-state index contributed by atoms with van der Waals surface area (Å²) in [5.41, 5.74) is 0.0473. The number of likely N-dealkylation sites (tertiary alicyclic amines) is 1. The van der Waals surface area contributed by atoms with Gasteiger partial charge in [0.25, 0.3) is 0 Å². The van der Waals surface area contributed by atoms with E-state index >= 15 is 0 Å². The van der Waals surface area contributed by atoms with Gasteiger partial charge in [-0.1, -0.05) is 11.2 Å². The summed E-state index contributed by atoms with van der Waals surface area (Å²) in [6.07, 6.45) is 6.95. The third kappa shape index (κ3) is 4.04. The Morgan fingerprint density at radius 2 is 2.11 bits per heavy atom. The van der Waals surface area contributed by atoms with Gasteiger partial charge in [-0.3, -0.25) is 14.7 Å². The number of pyridine rings is 1. The number of piperidine rings is 1. The molecule has 0 bridgehead atoms. The van der Waals surface area contributed by atoms with E-state index in [-0.39, 0.29) is 11.8 Å². The third-order valence-electron chi connectivity index (χ3n) is 5.69. The molecule has 0 spiro atoms. The summed E-state index contributed by atoms with van der Waals surface area (Å²) >= 11 is 0. The van der Waals surface area contributed by atoms with E-state index in [0.717, 1.165) is 51.6 Å². The molecule has 1 amide bonds. The van der Waals surface area contributed by atoms with Crippen LogP contribution in [0.3, 0.4) is 0 Å². The number of hydrogen-bond donors (Lipinski definition) is 1. The summed E-state index contributed by atoms with van der Waals surface area (Å²) in [7, 11) is 0. The van der Waals surface area contributed by atoms with Crippen LogP contribution in [0.5, 0.6) is 0 Å². The van der Waals surface area contributed by atoms with Crippen LogP contribution in [0.25, 0.3) is 11.5 Å². The minimum absolute atomic E-state index is 0.0582. The molecule has 1 aliphatic heterocycles. The van der Waals surface area contributed by atoms with E-state index in [4.69, 9.17) is 4.52 Å². The van der Waals surface area contributed by atoms with Gasteiger partial charge in [-0.05, 0) is 63.7 Å². The molecule has 0 unspecified atom stereocenters. The largest absolute Gasteiger partial charge is 0.339 e. The van der Waals surface area contributed by atoms with Gasteiger partial charge in [0.15, 0.2) is 0 Å². The molecule has 8 heteroatoms. The molecule has 2 aliphatic rings. The maximum absolute atomic E-state index is 12.4. The third-order valence-corrected chi connectivity index (χ3v) is 5.69. The lowest BCUT2D eigenvalue weighted by molar-refractivity contribution is -0.123. The average Bonchev–Trinajstić information content (AvgIpc) is 3.40. The van der Waals surface area contributed by atoms with Crippen LogP contribution < -0.4 is 5.32 Å². The minimum atomic E-state index is -0.652. The van der Waals surface area contributed by atoms with Gasteiger partial charge in [0.2, 0.25) is 17.6 Å². The zero-order chi connectivity index (χ0) is 19.4. The van der Waals surface area contributed by atoms with Crippen molar-refractivity contribution in [1.29, 1.82) is 5.26 Å². The molecular formula is C20H24N6O2. The second-order valence-corrected chi connectivity index (χ2v) is 7.67. The Balaban J connectivity index is 1.29. The zero-order valence-electron chi connectivity index (χ0n) is 15.8. The SMILES string of the molecule is N#CC1(NC(=O)CN2CCC(c3nc(-c4ccccn4)no3)CC2)CCCC1. The molecule has 28 heavy (non-hydrogen) atoms. The second-order valence-electron chi connectivity index (χ2n) is 7.67. The van der Waals surface area contributed by atoms with E-state index in [1.54, 1.807) is 6.20 Å². The molecule has 2 aromatic heterocycles. The molecule has 4 rings (SSSR count). The molecule has 1 aliphatic carbocycles. The predicted molar refractivity (Wildman–Crippen MR) is 101 cm³/mol. The topological polar surface area (TPSA) is 108 Å². The molecule has 0 aromatic carbocycles. The highest BCUT2D eigenvalue weighted by Gasteiger charge is 2.36. The van der Waals surface area contributed by atoms with E-state index in [0.29, 0.717) is 24.0 Å². The monoisotopic (exact) mass is 380 g/mol. The van der Waals surface area contributed by atoms with Gasteiger partial charge in [0.05, 0.1) is 12.6 Å². The number of carbonyl (C=O) groups is 1. The summed E-state index contributed by atoms with van der Waals surface area (Å²) < 4.78 is 5.46. The highest BCUT2D eigenvalue weighted by atomic mass is 16.5. The van der Waals surface area contributed by atoms with Gasteiger partial charge in [-0.25, -0.2) is 0 Å². The Labute approximate surface area is 163 Å². The van der Waals surface area contributed by atoms with Crippen molar-refractivity contribution in [3.8, 4) is 17.6 Å². The number of aromatic nitrogens is 3. The summed E-state index contributed by atoms with van der Waals surface area (Å²) in [6, 6.07) is 7.90. The van der Waals surface area contributed by atoms with E-state index < -0.39 is 5.54 Å². The van der Waals surface area contributed by atoms with Gasteiger partial charge in [-0.15, -0.1) is 0 Å². The molecule has 8 nitrogen and oxygen atoms in total. The quantitative estimate of drug-likeness (QED) is 0.847. The molecular weight excluding hydrogens is 356 g/mol. The highest BCUT2D eigenvalue weighted by molar-refractivity contribution is 5.79. The first kappa shape index (κ1) is 18.6. The smallest absolute Gasteiger partial charge is 0.235 e. The van der Waals surface area contributed by atoms with Crippen molar-refractivity contribution in [3.63, 3.8) is 0 Å². The van der Waals surface area contributed by atoms with Crippen molar-refractivity contribution in [2.45, 2.75) is 50.0 Å². The number of nitrogens with one attached hydrogen (secondary N) is 1. The van der Waals surface area contributed by atoms with Crippen molar-refractivity contribution >= 4 is 5.91 Å². The first-order chi connectivity index (χ1) is 13.7. The molecule has 2 fully saturated rings. The first-order valence-electron chi connectivity index (χ1n) is 9.87. The number of nitrogens with zero attached hydrogens (tertiary/aromatic N) is 5. The Hall–Kier alpha value is -2.79. The molecule has 1 saturated heterocycles. The van der Waals surface area contributed by atoms with E-state index in [1.807, 2.05) is 18.2 Å². The standard InChI is InChI=1S/C20H24N6O2/c21-14-20(8-2-3-9-20)24-17(27)13-26-11-6-15(7-12-26)19-23-18(25-28-19)16-5-1-4-10-22-16/h1,4-5,10,15H,2-3,6-9,11-13H2,(H,24,27). The number of nitriles is 1. The van der Waals surface area contributed by atoms with Crippen LogP contribution in [0.15, 0.2) is 28.9 Å². The van der Waals surface area contributed by atoms with Crippen LogP contribution in [0.2, 0.25) is 0 Å². The Kier molecular flexibility index (Phi) is 5.35. The lowest BCUT2D eigenvalue weighted by Gasteiger charge is -2.31. The van der Waals surface area contributed by atoms with Crippen LogP contribution in [0.4, 0.5) is 0 Å². The minimum Gasteiger partial charge on any atom is -0.339 e. The maximum Gasteiger partial charge on any atom is 0.235 e. The van der Waals surface area contributed by atoms with Gasteiger partial charge in [-0.2, -0.15) is 10.2 Å². The maximum atomic E-state index is 12.4. The van der Waals surface area contributed by atoms with Crippen LogP contribution in [-0.4, -0.2) is 51.1 Å². The molecule has 3 heterocycles. The number of carbonyl (C=O) groups excluding carboxylic acids is 1. The first-order valence-corrected chi connectivity index (χ1v) is 9.87. The summed E-state index contributed by atoms with van der Waals surface area (Å²) in [4.78, 5) is 23.3. The molecule has 0 atom stereocenters. The fourth-order valence-corrected chi connectivity index (χ4v) is 4.09. The lowest BCUT2D eigenvalue weighted by Crippen LogP contribution is -2.50. The normalized spacial score (nSPS) is 20.0. The summed E-state index contributed by atoms with van der Waals surface area (Å²) in [6.45, 7) is 1.91. The molecule has 0 radical (unpaired) electrons. The lowest BCUT2D eigenvalue weighted by atomic mass is 9.96. The summed E-state index contributed by atoms with van der Waals surface area (Å²) in [5, 5.41) is 16.4. The number of rotatable bonds is 5. The number of hydrogen-bond acceptors (Lipinski definition) is 7. The average molecular weight is 380 g/mol. The van der Waals surface area contributed by atoms with Crippen LogP contribution in [0, 0.1) is 11.3 Å². The molecule has 1 N–H and O–H groups in total. The zero-order valence-corrected chi connectivity index (χ0v) is 15.8.